The molecule has 1 aromatic rings. The van der Waals surface area contributed by atoms with Gasteiger partial charge in [0, 0.05) is 32.0 Å². The van der Waals surface area contributed by atoms with E-state index in [0.717, 1.165) is 12.8 Å². The van der Waals surface area contributed by atoms with Gasteiger partial charge in [0.1, 0.15) is 17.4 Å². The first-order chi connectivity index (χ1) is 8.06. The van der Waals surface area contributed by atoms with Gasteiger partial charge in [-0.15, -0.1) is 0 Å². The maximum atomic E-state index is 11.4. The quantitative estimate of drug-likeness (QED) is 0.831. The molecule has 5 heteroatoms. The monoisotopic (exact) mass is 235 g/mol. The van der Waals surface area contributed by atoms with Crippen molar-refractivity contribution < 1.29 is 4.79 Å². The van der Waals surface area contributed by atoms with Gasteiger partial charge in [0.05, 0.1) is 0 Å². The fourth-order valence-electron chi connectivity index (χ4n) is 2.24. The highest BCUT2D eigenvalue weighted by molar-refractivity contribution is 5.79. The number of nitrogens with zero attached hydrogens (tertiary/aromatic N) is 2. The van der Waals surface area contributed by atoms with Crippen LogP contribution in [0.15, 0.2) is 10.9 Å². The fraction of sp³-hybridized carbons (Fsp3) is 0.583. The van der Waals surface area contributed by atoms with Crippen molar-refractivity contribution in [3.05, 3.63) is 22.2 Å². The van der Waals surface area contributed by atoms with Gasteiger partial charge < -0.3 is 9.88 Å². The minimum Gasteiger partial charge on any atom is -0.356 e. The molecule has 92 valence electrons. The lowest BCUT2D eigenvalue weighted by Gasteiger charge is -2.31. The van der Waals surface area contributed by atoms with Crippen molar-refractivity contribution in [1.29, 1.82) is 0 Å². The predicted molar refractivity (Wildman–Crippen MR) is 65.3 cm³/mol. The van der Waals surface area contributed by atoms with Crippen LogP contribution in [0.3, 0.4) is 0 Å². The predicted octanol–water partition coefficient (Wildman–Crippen LogP) is 1.03. The third-order valence-corrected chi connectivity index (χ3v) is 3.27. The standard InChI is InChI=1S/C12H17N3O2/c1-8-13-11(7-12(17)14-8)15(2)9-3-5-10(16)6-4-9/h7,9H,3-6H2,1-2H3,(H,13,14,17). The van der Waals surface area contributed by atoms with E-state index in [1.54, 1.807) is 6.92 Å². The molecule has 0 saturated heterocycles. The molecule has 0 aromatic carbocycles. The highest BCUT2D eigenvalue weighted by atomic mass is 16.1. The number of ketones is 1. The number of anilines is 1. The summed E-state index contributed by atoms with van der Waals surface area (Å²) in [5.41, 5.74) is -0.133. The number of rotatable bonds is 2. The number of carbonyl (C=O) groups is 1. The van der Waals surface area contributed by atoms with Gasteiger partial charge in [0.15, 0.2) is 0 Å². The first kappa shape index (κ1) is 11.8. The van der Waals surface area contributed by atoms with Crippen molar-refractivity contribution in [2.75, 3.05) is 11.9 Å². The number of Topliss-reactive ketones (excluding diaryl/α,β-unsaturated/α-hetero) is 1. The average molecular weight is 235 g/mol. The maximum absolute atomic E-state index is 11.4. The Balaban J connectivity index is 2.16. The van der Waals surface area contributed by atoms with Crippen LogP contribution in [0.1, 0.15) is 31.5 Å². The van der Waals surface area contributed by atoms with E-state index in [1.165, 1.54) is 6.07 Å². The normalized spacial score (nSPS) is 17.2. The molecule has 5 nitrogen and oxygen atoms in total. The number of aromatic amines is 1. The number of hydrogen-bond acceptors (Lipinski definition) is 4. The maximum Gasteiger partial charge on any atom is 0.252 e. The van der Waals surface area contributed by atoms with Crippen LogP contribution in [0.4, 0.5) is 5.82 Å². The molecule has 2 rings (SSSR count). The first-order valence-corrected chi connectivity index (χ1v) is 5.89. The van der Waals surface area contributed by atoms with E-state index < -0.39 is 0 Å². The summed E-state index contributed by atoms with van der Waals surface area (Å²) in [6.45, 7) is 1.77. The second kappa shape index (κ2) is 4.69. The topological polar surface area (TPSA) is 66.1 Å². The number of aryl methyl sites for hydroxylation is 1. The van der Waals surface area contributed by atoms with Crippen LogP contribution in [0.2, 0.25) is 0 Å². The van der Waals surface area contributed by atoms with Gasteiger partial charge in [-0.05, 0) is 19.8 Å². The smallest absolute Gasteiger partial charge is 0.252 e. The summed E-state index contributed by atoms with van der Waals surface area (Å²) in [7, 11) is 1.93. The third-order valence-electron chi connectivity index (χ3n) is 3.27. The van der Waals surface area contributed by atoms with Gasteiger partial charge in [-0.3, -0.25) is 9.59 Å². The molecule has 1 heterocycles. The van der Waals surface area contributed by atoms with Crippen LogP contribution in [-0.4, -0.2) is 28.8 Å². The average Bonchev–Trinajstić information content (AvgIpc) is 2.28. The Morgan fingerprint density at radius 1 is 1.35 bits per heavy atom. The van der Waals surface area contributed by atoms with Gasteiger partial charge in [-0.25, -0.2) is 4.98 Å². The van der Waals surface area contributed by atoms with E-state index in [4.69, 9.17) is 0 Å². The summed E-state index contributed by atoms with van der Waals surface area (Å²) in [6.07, 6.45) is 2.97. The minimum absolute atomic E-state index is 0.133. The molecule has 1 saturated carbocycles. The Kier molecular flexibility index (Phi) is 3.26. The van der Waals surface area contributed by atoms with E-state index in [9.17, 15) is 9.59 Å². The van der Waals surface area contributed by atoms with Gasteiger partial charge in [-0.2, -0.15) is 0 Å². The zero-order valence-corrected chi connectivity index (χ0v) is 10.2. The van der Waals surface area contributed by atoms with Crippen LogP contribution in [0.5, 0.6) is 0 Å². The molecule has 0 unspecified atom stereocenters. The lowest BCUT2D eigenvalue weighted by Crippen LogP contribution is -2.36. The highest BCUT2D eigenvalue weighted by Gasteiger charge is 2.23. The van der Waals surface area contributed by atoms with Crippen LogP contribution in [-0.2, 0) is 4.79 Å². The van der Waals surface area contributed by atoms with Crippen molar-refractivity contribution in [2.45, 2.75) is 38.6 Å². The SMILES string of the molecule is Cc1nc(N(C)C2CCC(=O)CC2)cc(=O)[nH]1. The van der Waals surface area contributed by atoms with Crippen LogP contribution < -0.4 is 10.5 Å². The molecule has 0 amide bonds. The van der Waals surface area contributed by atoms with Crippen LogP contribution in [0, 0.1) is 6.92 Å². The molecule has 0 atom stereocenters. The highest BCUT2D eigenvalue weighted by Crippen LogP contribution is 2.22. The molecule has 1 aliphatic carbocycles. The number of aromatic nitrogens is 2. The molecule has 1 N–H and O–H groups in total. The molecule has 0 radical (unpaired) electrons. The summed E-state index contributed by atoms with van der Waals surface area (Å²) in [5, 5.41) is 0. The summed E-state index contributed by atoms with van der Waals surface area (Å²) in [6, 6.07) is 1.81. The summed E-state index contributed by atoms with van der Waals surface area (Å²) < 4.78 is 0. The molecule has 17 heavy (non-hydrogen) atoms. The Morgan fingerprint density at radius 3 is 2.59 bits per heavy atom. The minimum atomic E-state index is -0.133. The summed E-state index contributed by atoms with van der Waals surface area (Å²) in [4.78, 5) is 31.5. The van der Waals surface area contributed by atoms with E-state index in [2.05, 4.69) is 9.97 Å². The van der Waals surface area contributed by atoms with Crippen molar-refractivity contribution in [3.63, 3.8) is 0 Å². The molecular formula is C12H17N3O2. The number of H-pyrrole nitrogens is 1. The Bertz CT molecular complexity index is 471. The third kappa shape index (κ3) is 2.72. The van der Waals surface area contributed by atoms with E-state index in [0.29, 0.717) is 36.3 Å². The Morgan fingerprint density at radius 2 is 2.00 bits per heavy atom. The Labute approximate surface area is 99.9 Å². The molecular weight excluding hydrogens is 218 g/mol. The lowest BCUT2D eigenvalue weighted by atomic mass is 9.93. The fourth-order valence-corrected chi connectivity index (χ4v) is 2.24. The van der Waals surface area contributed by atoms with Crippen LogP contribution in [0.25, 0.3) is 0 Å². The number of carbonyl (C=O) groups excluding carboxylic acids is 1. The lowest BCUT2D eigenvalue weighted by molar-refractivity contribution is -0.120. The second-order valence-electron chi connectivity index (χ2n) is 4.57. The largest absolute Gasteiger partial charge is 0.356 e. The van der Waals surface area contributed by atoms with Gasteiger partial charge in [0.25, 0.3) is 5.56 Å². The summed E-state index contributed by atoms with van der Waals surface area (Å²) in [5.74, 6) is 1.64. The summed E-state index contributed by atoms with van der Waals surface area (Å²) >= 11 is 0. The molecule has 0 spiro atoms. The van der Waals surface area contributed by atoms with Crippen LogP contribution >= 0.6 is 0 Å². The van der Waals surface area contributed by atoms with Crippen molar-refractivity contribution in [2.24, 2.45) is 0 Å². The molecule has 1 aromatic heterocycles. The zero-order valence-electron chi connectivity index (χ0n) is 10.2. The number of hydrogen-bond donors (Lipinski definition) is 1. The second-order valence-corrected chi connectivity index (χ2v) is 4.57. The molecule has 1 aliphatic rings. The van der Waals surface area contributed by atoms with Crippen molar-refractivity contribution >= 4 is 11.6 Å². The first-order valence-electron chi connectivity index (χ1n) is 5.89. The van der Waals surface area contributed by atoms with E-state index >= 15 is 0 Å². The van der Waals surface area contributed by atoms with Crippen molar-refractivity contribution in [1.82, 2.24) is 9.97 Å². The number of nitrogens with one attached hydrogen (secondary N) is 1. The van der Waals surface area contributed by atoms with E-state index in [1.807, 2.05) is 11.9 Å². The van der Waals surface area contributed by atoms with Gasteiger partial charge in [0.2, 0.25) is 0 Å². The van der Waals surface area contributed by atoms with Crippen molar-refractivity contribution in [3.8, 4) is 0 Å². The molecule has 0 aliphatic heterocycles. The molecule has 1 fully saturated rings. The van der Waals surface area contributed by atoms with Gasteiger partial charge >= 0.3 is 0 Å². The van der Waals surface area contributed by atoms with Gasteiger partial charge in [-0.1, -0.05) is 0 Å². The Hall–Kier alpha value is -1.65. The van der Waals surface area contributed by atoms with E-state index in [-0.39, 0.29) is 5.56 Å². The molecule has 0 bridgehead atoms. The zero-order chi connectivity index (χ0) is 12.4.